The second-order valence-electron chi connectivity index (χ2n) is 4.15. The van der Waals surface area contributed by atoms with Gasteiger partial charge < -0.3 is 5.73 Å². The van der Waals surface area contributed by atoms with Crippen molar-refractivity contribution in [1.82, 2.24) is 0 Å². The van der Waals surface area contributed by atoms with E-state index in [0.717, 1.165) is 18.6 Å². The minimum absolute atomic E-state index is 0. The van der Waals surface area contributed by atoms with Crippen molar-refractivity contribution in [1.29, 1.82) is 0 Å². The fourth-order valence-electron chi connectivity index (χ4n) is 1.54. The van der Waals surface area contributed by atoms with Gasteiger partial charge in [0.2, 0.25) is 0 Å². The molecule has 0 aliphatic carbocycles. The summed E-state index contributed by atoms with van der Waals surface area (Å²) in [7, 11) is 0. The Morgan fingerprint density at radius 1 is 1.33 bits per heavy atom. The average Bonchev–Trinajstić information content (AvgIpc) is 2.26. The molecule has 1 aromatic carbocycles. The van der Waals surface area contributed by atoms with Gasteiger partial charge in [0.1, 0.15) is 0 Å². The monoisotopic (exact) mass is 345 g/mol. The summed E-state index contributed by atoms with van der Waals surface area (Å²) >= 11 is 3.25. The summed E-state index contributed by atoms with van der Waals surface area (Å²) < 4.78 is 38.4. The first-order valence-electron chi connectivity index (χ1n) is 5.39. The second kappa shape index (κ2) is 6.78. The van der Waals surface area contributed by atoms with E-state index in [0.29, 0.717) is 10.0 Å². The van der Waals surface area contributed by atoms with E-state index < -0.39 is 17.8 Å². The lowest BCUT2D eigenvalue weighted by molar-refractivity contribution is -0.137. The first-order chi connectivity index (χ1) is 7.77. The Morgan fingerprint density at radius 2 is 1.89 bits per heavy atom. The quantitative estimate of drug-likeness (QED) is 0.824. The molecule has 1 rings (SSSR count). The zero-order valence-electron chi connectivity index (χ0n) is 10.1. The number of alkyl halides is 3. The lowest BCUT2D eigenvalue weighted by Gasteiger charge is -2.21. The Balaban J connectivity index is 0.00000289. The third kappa shape index (κ3) is 4.14. The topological polar surface area (TPSA) is 26.0 Å². The summed E-state index contributed by atoms with van der Waals surface area (Å²) in [5.74, 6) is 0.134. The minimum Gasteiger partial charge on any atom is -0.324 e. The largest absolute Gasteiger partial charge is 0.416 e. The summed E-state index contributed by atoms with van der Waals surface area (Å²) in [5.41, 5.74) is 5.82. The fourth-order valence-corrected chi connectivity index (χ4v) is 2.05. The normalized spacial score (nSPS) is 14.8. The predicted octanol–water partition coefficient (Wildman–Crippen LogP) is 4.94. The number of hydrogen-bond donors (Lipinski definition) is 1. The van der Waals surface area contributed by atoms with Crippen LogP contribution in [0.1, 0.15) is 37.4 Å². The molecule has 0 amide bonds. The van der Waals surface area contributed by atoms with Gasteiger partial charge in [0, 0.05) is 10.5 Å². The molecule has 1 aromatic rings. The Morgan fingerprint density at radius 3 is 2.33 bits per heavy atom. The maximum Gasteiger partial charge on any atom is 0.416 e. The van der Waals surface area contributed by atoms with Crippen LogP contribution in [0.5, 0.6) is 0 Å². The summed E-state index contributed by atoms with van der Waals surface area (Å²) in [6.07, 6.45) is -3.51. The number of hydrogen-bond acceptors (Lipinski definition) is 1. The van der Waals surface area contributed by atoms with Gasteiger partial charge in [-0.15, -0.1) is 12.4 Å². The van der Waals surface area contributed by atoms with E-state index in [1.54, 1.807) is 0 Å². The first-order valence-corrected chi connectivity index (χ1v) is 6.19. The third-order valence-corrected chi connectivity index (χ3v) is 3.66. The van der Waals surface area contributed by atoms with Crippen molar-refractivity contribution >= 4 is 28.3 Å². The Kier molecular flexibility index (Phi) is 6.68. The van der Waals surface area contributed by atoms with Crippen LogP contribution in [0.15, 0.2) is 22.7 Å². The third-order valence-electron chi connectivity index (χ3n) is 2.94. The van der Waals surface area contributed by atoms with Crippen LogP contribution >= 0.6 is 28.3 Å². The van der Waals surface area contributed by atoms with E-state index in [9.17, 15) is 13.2 Å². The van der Waals surface area contributed by atoms with Crippen LogP contribution < -0.4 is 5.73 Å². The van der Waals surface area contributed by atoms with Crippen LogP contribution in [0.2, 0.25) is 0 Å². The van der Waals surface area contributed by atoms with Gasteiger partial charge in [-0.1, -0.05) is 36.2 Å². The molecule has 0 bridgehead atoms. The van der Waals surface area contributed by atoms with Gasteiger partial charge in [0.25, 0.3) is 0 Å². The van der Waals surface area contributed by atoms with Gasteiger partial charge >= 0.3 is 6.18 Å². The molecule has 0 saturated carbocycles. The van der Waals surface area contributed by atoms with Crippen LogP contribution in [0.3, 0.4) is 0 Å². The number of benzene rings is 1. The molecule has 6 heteroatoms. The molecule has 0 spiro atoms. The zero-order chi connectivity index (χ0) is 13.2. The Labute approximate surface area is 119 Å². The fraction of sp³-hybridized carbons (Fsp3) is 0.500. The highest BCUT2D eigenvalue weighted by atomic mass is 79.9. The van der Waals surface area contributed by atoms with Crippen LogP contribution in [-0.2, 0) is 6.18 Å². The molecule has 0 aromatic heterocycles. The molecule has 0 aliphatic heterocycles. The van der Waals surface area contributed by atoms with Crippen molar-refractivity contribution in [3.8, 4) is 0 Å². The zero-order valence-corrected chi connectivity index (χ0v) is 12.5. The predicted molar refractivity (Wildman–Crippen MR) is 72.8 cm³/mol. The van der Waals surface area contributed by atoms with Crippen LogP contribution in [0, 0.1) is 5.92 Å². The maximum atomic E-state index is 12.6. The highest BCUT2D eigenvalue weighted by Gasteiger charge is 2.31. The van der Waals surface area contributed by atoms with E-state index in [4.69, 9.17) is 5.73 Å². The molecule has 2 N–H and O–H groups in total. The van der Waals surface area contributed by atoms with Crippen LogP contribution in [-0.4, -0.2) is 0 Å². The van der Waals surface area contributed by atoms with Crippen molar-refractivity contribution in [2.24, 2.45) is 11.7 Å². The van der Waals surface area contributed by atoms with E-state index in [-0.39, 0.29) is 18.3 Å². The van der Waals surface area contributed by atoms with E-state index in [1.165, 1.54) is 6.07 Å². The lowest BCUT2D eigenvalue weighted by atomic mass is 9.92. The lowest BCUT2D eigenvalue weighted by Crippen LogP contribution is -2.20. The van der Waals surface area contributed by atoms with Gasteiger partial charge in [0.05, 0.1) is 5.56 Å². The van der Waals surface area contributed by atoms with Crippen molar-refractivity contribution in [3.63, 3.8) is 0 Å². The summed E-state index contributed by atoms with van der Waals surface area (Å²) in [4.78, 5) is 0. The highest BCUT2D eigenvalue weighted by Crippen LogP contribution is 2.35. The molecule has 1 unspecified atom stereocenters. The van der Waals surface area contributed by atoms with Gasteiger partial charge in [-0.05, 0) is 29.7 Å². The van der Waals surface area contributed by atoms with Gasteiger partial charge in [-0.3, -0.25) is 0 Å². The summed E-state index contributed by atoms with van der Waals surface area (Å²) in [5, 5.41) is 0. The molecule has 2 atom stereocenters. The van der Waals surface area contributed by atoms with E-state index >= 15 is 0 Å². The molecule has 0 fully saturated rings. The van der Waals surface area contributed by atoms with Crippen molar-refractivity contribution < 1.29 is 13.2 Å². The molecule has 0 saturated heterocycles. The Hall–Kier alpha value is -0.260. The SMILES string of the molecule is CCC(C)[C@@H](N)c1cc(C(F)(F)F)ccc1Br.Cl. The molecule has 0 radical (unpaired) electrons. The summed E-state index contributed by atoms with van der Waals surface area (Å²) in [6, 6.07) is 3.19. The molecule has 18 heavy (non-hydrogen) atoms. The number of nitrogens with two attached hydrogens (primary N) is 1. The smallest absolute Gasteiger partial charge is 0.324 e. The maximum absolute atomic E-state index is 12.6. The van der Waals surface area contributed by atoms with Crippen molar-refractivity contribution in [3.05, 3.63) is 33.8 Å². The molecular weight excluding hydrogens is 330 g/mol. The van der Waals surface area contributed by atoms with Gasteiger partial charge in [-0.2, -0.15) is 13.2 Å². The van der Waals surface area contributed by atoms with Crippen LogP contribution in [0.25, 0.3) is 0 Å². The van der Waals surface area contributed by atoms with E-state index in [1.807, 2.05) is 13.8 Å². The summed E-state index contributed by atoms with van der Waals surface area (Å²) in [6.45, 7) is 3.89. The Bertz CT molecular complexity index is 395. The second-order valence-corrected chi connectivity index (χ2v) is 5.00. The first kappa shape index (κ1) is 17.7. The van der Waals surface area contributed by atoms with Crippen LogP contribution in [0.4, 0.5) is 13.2 Å². The van der Waals surface area contributed by atoms with E-state index in [2.05, 4.69) is 15.9 Å². The average molecular weight is 347 g/mol. The number of rotatable bonds is 3. The van der Waals surface area contributed by atoms with Gasteiger partial charge in [-0.25, -0.2) is 0 Å². The van der Waals surface area contributed by atoms with Gasteiger partial charge in [0.15, 0.2) is 0 Å². The minimum atomic E-state index is -4.33. The van der Waals surface area contributed by atoms with Crippen molar-refractivity contribution in [2.45, 2.75) is 32.5 Å². The molecule has 0 aliphatic rings. The van der Waals surface area contributed by atoms with Crippen molar-refractivity contribution in [2.75, 3.05) is 0 Å². The number of halogens is 5. The standard InChI is InChI=1S/C12H15BrF3N.ClH/c1-3-7(2)11(17)9-6-8(12(14,15)16)4-5-10(9)13;/h4-7,11H,3,17H2,1-2H3;1H/t7?,11-;/m1./s1. The molecule has 1 nitrogen and oxygen atoms in total. The molecule has 0 heterocycles. The highest BCUT2D eigenvalue weighted by molar-refractivity contribution is 9.10. The molecule has 104 valence electrons. The molecular formula is C12H16BrClF3N.